The molecule has 0 amide bonds. The molecule has 0 rings (SSSR count). The van der Waals surface area contributed by atoms with E-state index in [4.69, 9.17) is 0 Å². The number of carboxylic acid groups (broad SMARTS) is 4. The Balaban J connectivity index is -0.000000551. The van der Waals surface area contributed by atoms with Crippen LogP contribution in [0.1, 0.15) is 104 Å². The van der Waals surface area contributed by atoms with Crippen molar-refractivity contribution in [2.24, 2.45) is 10.8 Å². The zero-order chi connectivity index (χ0) is 32.2. The van der Waals surface area contributed by atoms with Crippen LogP contribution in [0.3, 0.4) is 0 Å². The third-order valence-electron chi connectivity index (χ3n) is 7.01. The molecule has 4 radical (unpaired) electrons. The van der Waals surface area contributed by atoms with Crippen LogP contribution in [0.25, 0.3) is 0 Å². The summed E-state index contributed by atoms with van der Waals surface area (Å²) in [7, 11) is 0. The molecule has 0 aromatic carbocycles. The molecule has 0 saturated heterocycles. The fourth-order valence-electron chi connectivity index (χ4n) is 4.39. The molecule has 0 atom stereocenters. The van der Waals surface area contributed by atoms with Crippen molar-refractivity contribution < 1.29 is 39.6 Å². The number of unbranched alkanes of at least 4 members (excludes halogenated alkanes) is 2. The van der Waals surface area contributed by atoms with Crippen molar-refractivity contribution in [1.82, 2.24) is 0 Å². The van der Waals surface area contributed by atoms with Gasteiger partial charge in [0, 0.05) is 34.7 Å². The molecule has 0 saturated carbocycles. The number of rotatable bonds is 24. The molecular formula is C28H52O8S4Sn. The van der Waals surface area contributed by atoms with Gasteiger partial charge in [-0.1, -0.05) is 0 Å². The molecule has 0 aliphatic heterocycles. The quantitative estimate of drug-likeness (QED) is 0.0648. The molecule has 0 aliphatic carbocycles. The minimum Gasteiger partial charge on any atom is -0.550 e. The second-order valence-electron chi connectivity index (χ2n) is 10.2. The van der Waals surface area contributed by atoms with Gasteiger partial charge in [-0.3, -0.25) is 0 Å². The third kappa shape index (κ3) is 25.1. The maximum Gasteiger partial charge on any atom is 0.0476 e. The number of hydrogen-bond acceptors (Lipinski definition) is 12. The van der Waals surface area contributed by atoms with Gasteiger partial charge >= 0.3 is 69.5 Å². The average Bonchev–Trinajstić information content (AvgIpc) is 2.89. The fourth-order valence-corrected chi connectivity index (χ4v) is 12.0. The zero-order valence-corrected chi connectivity index (χ0v) is 32.5. The van der Waals surface area contributed by atoms with Gasteiger partial charge in [0.25, 0.3) is 0 Å². The van der Waals surface area contributed by atoms with Crippen LogP contribution >= 0.6 is 50.5 Å². The molecule has 240 valence electrons. The van der Waals surface area contributed by atoms with Gasteiger partial charge in [0.1, 0.15) is 0 Å². The Kier molecular flexibility index (Phi) is 33.4. The number of carbonyl (C=O) groups is 4. The van der Waals surface area contributed by atoms with Crippen molar-refractivity contribution in [3.63, 3.8) is 0 Å². The summed E-state index contributed by atoms with van der Waals surface area (Å²) in [5.74, 6) is -2.92. The molecule has 41 heavy (non-hydrogen) atoms. The van der Waals surface area contributed by atoms with Crippen LogP contribution in [0, 0.1) is 10.8 Å². The Morgan fingerprint density at radius 1 is 0.537 bits per heavy atom. The SMILES string of the molecule is CCC[CH2][SnH2+4][CH2]CCC.O=C([O-])CCCC(CCS)(CCS)C(=O)[O-].O=C([O-])CCCC(CCS)(CCS)C(=O)[O-]. The molecule has 0 aromatic rings. The van der Waals surface area contributed by atoms with Gasteiger partial charge in [0.05, 0.1) is 0 Å². The molecule has 13 heteroatoms. The number of thiol groups is 4. The summed E-state index contributed by atoms with van der Waals surface area (Å²) in [6, 6.07) is 0. The van der Waals surface area contributed by atoms with E-state index in [0.717, 1.165) is 0 Å². The van der Waals surface area contributed by atoms with Crippen LogP contribution < -0.4 is 20.4 Å². The average molecular weight is 764 g/mol. The standard InChI is InChI=1S/2C10H18O4S2.2C4H9.Sn.2H/c2*11-8(12)2-1-3-10(4-6-15,5-7-16)9(13)14;2*1-3-4-2;;;/h2*15-16H,1-7H2,(H,11,12)(H,13,14);2*1,3-4H2,2H3;;;/q;;;;+4;;/p-4. The Labute approximate surface area is 279 Å². The third-order valence-corrected chi connectivity index (χ3v) is 13.6. The summed E-state index contributed by atoms with van der Waals surface area (Å²) in [5.41, 5.74) is -2.00. The van der Waals surface area contributed by atoms with Gasteiger partial charge in [0.2, 0.25) is 0 Å². The molecule has 0 unspecified atom stereocenters. The molecule has 0 heterocycles. The monoisotopic (exact) mass is 764 g/mol. The van der Waals surface area contributed by atoms with Gasteiger partial charge in [-0.05, 0) is 87.2 Å². The minimum absolute atomic E-state index is 0.131. The Morgan fingerprint density at radius 2 is 0.829 bits per heavy atom. The Hall–Kier alpha value is 0.0787. The largest absolute Gasteiger partial charge is 0.550 e. The van der Waals surface area contributed by atoms with Gasteiger partial charge in [-0.2, -0.15) is 50.5 Å². The van der Waals surface area contributed by atoms with Crippen LogP contribution in [-0.4, -0.2) is 68.0 Å². The van der Waals surface area contributed by atoms with Crippen molar-refractivity contribution in [2.45, 2.75) is 113 Å². The summed E-state index contributed by atoms with van der Waals surface area (Å²) in [5, 5.41) is 42.8. The van der Waals surface area contributed by atoms with Crippen molar-refractivity contribution >= 4 is 95.5 Å². The Bertz CT molecular complexity index is 630. The van der Waals surface area contributed by atoms with Crippen molar-refractivity contribution in [3.05, 3.63) is 0 Å². The summed E-state index contributed by atoms with van der Waals surface area (Å²) >= 11 is 15.9. The summed E-state index contributed by atoms with van der Waals surface area (Å²) in [4.78, 5) is 42.8. The molecule has 0 aromatic heterocycles. The van der Waals surface area contributed by atoms with E-state index < -0.39 is 34.7 Å². The number of aliphatic carboxylic acids is 4. The van der Waals surface area contributed by atoms with E-state index in [2.05, 4.69) is 64.4 Å². The summed E-state index contributed by atoms with van der Waals surface area (Å²) < 4.78 is 3.33. The van der Waals surface area contributed by atoms with Crippen LogP contribution in [-0.2, 0) is 19.2 Å². The topological polar surface area (TPSA) is 161 Å². The van der Waals surface area contributed by atoms with E-state index in [1.807, 2.05) is 0 Å². The van der Waals surface area contributed by atoms with Gasteiger partial charge in [0.15, 0.2) is 0 Å². The molecular weight excluding hydrogens is 711 g/mol. The number of hydrogen-bond donors (Lipinski definition) is 4. The van der Waals surface area contributed by atoms with Crippen LogP contribution in [0.5, 0.6) is 0 Å². The van der Waals surface area contributed by atoms with Crippen molar-refractivity contribution in [2.75, 3.05) is 23.0 Å². The van der Waals surface area contributed by atoms with Crippen LogP contribution in [0.15, 0.2) is 0 Å². The maximum absolute atomic E-state index is 11.1. The minimum atomic E-state index is -1.16. The predicted molar refractivity (Wildman–Crippen MR) is 174 cm³/mol. The van der Waals surface area contributed by atoms with E-state index in [9.17, 15) is 39.6 Å². The second kappa shape index (κ2) is 30.1. The van der Waals surface area contributed by atoms with E-state index >= 15 is 0 Å². The number of carbonyl (C=O) groups excluding carboxylic acids is 4. The first-order valence-electron chi connectivity index (χ1n) is 14.6. The molecule has 8 nitrogen and oxygen atoms in total. The first-order chi connectivity index (χ1) is 19.4. The molecule has 0 bridgehead atoms. The second-order valence-corrected chi connectivity index (χ2v) is 18.1. The van der Waals surface area contributed by atoms with E-state index in [1.165, 1.54) is 25.7 Å². The Morgan fingerprint density at radius 3 is 1.02 bits per heavy atom. The van der Waals surface area contributed by atoms with Gasteiger partial charge in [-0.15, -0.1) is 0 Å². The zero-order valence-electron chi connectivity index (χ0n) is 24.9. The predicted octanol–water partition coefficient (Wildman–Crippen LogP) is 1.16. The first kappa shape index (κ1) is 45.5. The summed E-state index contributed by atoms with van der Waals surface area (Å²) in [6.07, 6.45) is 8.19. The van der Waals surface area contributed by atoms with Crippen LogP contribution in [0.2, 0.25) is 8.87 Å². The van der Waals surface area contributed by atoms with Crippen molar-refractivity contribution in [3.8, 4) is 0 Å². The molecule has 0 aliphatic rings. The first-order valence-corrected chi connectivity index (χ1v) is 22.9. The van der Waals surface area contributed by atoms with Crippen LogP contribution in [0.4, 0.5) is 0 Å². The maximum atomic E-state index is 11.1. The smallest absolute Gasteiger partial charge is 0.0476 e. The fraction of sp³-hybridized carbons (Fsp3) is 0.857. The number of carboxylic acids is 4. The summed E-state index contributed by atoms with van der Waals surface area (Å²) in [6.45, 7) is 4.59. The van der Waals surface area contributed by atoms with E-state index in [-0.39, 0.29) is 59.7 Å². The molecule has 0 spiro atoms. The van der Waals surface area contributed by atoms with Gasteiger partial charge in [-0.25, -0.2) is 0 Å². The normalized spacial score (nSPS) is 11.1. The molecule has 0 N–H and O–H groups in total. The van der Waals surface area contributed by atoms with Crippen molar-refractivity contribution in [1.29, 1.82) is 0 Å². The molecule has 0 fully saturated rings. The van der Waals surface area contributed by atoms with E-state index in [1.54, 1.807) is 8.87 Å². The van der Waals surface area contributed by atoms with Gasteiger partial charge < -0.3 is 39.6 Å². The van der Waals surface area contributed by atoms with E-state index in [0.29, 0.717) is 48.7 Å².